The van der Waals surface area contributed by atoms with Crippen molar-refractivity contribution in [1.82, 2.24) is 9.97 Å². The highest BCUT2D eigenvalue weighted by atomic mass is 14.7. The molecule has 0 bridgehead atoms. The van der Waals surface area contributed by atoms with E-state index in [0.717, 1.165) is 28.8 Å². The summed E-state index contributed by atoms with van der Waals surface area (Å²) < 4.78 is 0. The third kappa shape index (κ3) is 2.90. The lowest BCUT2D eigenvalue weighted by atomic mass is 9.97. The summed E-state index contributed by atoms with van der Waals surface area (Å²) in [5.41, 5.74) is 5.67. The van der Waals surface area contributed by atoms with Crippen molar-refractivity contribution in [2.75, 3.05) is 0 Å². The van der Waals surface area contributed by atoms with E-state index in [9.17, 15) is 0 Å². The first-order chi connectivity index (χ1) is 10.4. The second-order valence-corrected chi connectivity index (χ2v) is 4.82. The predicted molar refractivity (Wildman–Crippen MR) is 86.8 cm³/mol. The molecule has 0 aliphatic heterocycles. The fourth-order valence-corrected chi connectivity index (χ4v) is 2.46. The average molecular weight is 272 g/mol. The van der Waals surface area contributed by atoms with Crippen LogP contribution in [0.3, 0.4) is 0 Å². The Kier molecular flexibility index (Phi) is 3.88. The maximum absolute atomic E-state index is 4.54. The molecule has 2 heterocycles. The van der Waals surface area contributed by atoms with E-state index in [1.807, 2.05) is 36.5 Å². The summed E-state index contributed by atoms with van der Waals surface area (Å²) in [5.74, 6) is 0. The molecule has 2 heteroatoms. The van der Waals surface area contributed by atoms with Crippen molar-refractivity contribution in [3.05, 3.63) is 90.5 Å². The van der Waals surface area contributed by atoms with Gasteiger partial charge in [-0.3, -0.25) is 9.97 Å². The lowest BCUT2D eigenvalue weighted by Crippen LogP contribution is -1.98. The monoisotopic (exact) mass is 272 g/mol. The van der Waals surface area contributed by atoms with Crippen molar-refractivity contribution in [2.45, 2.75) is 6.42 Å². The van der Waals surface area contributed by atoms with Crippen LogP contribution in [0.4, 0.5) is 0 Å². The van der Waals surface area contributed by atoms with Crippen molar-refractivity contribution in [3.8, 4) is 11.1 Å². The molecule has 0 radical (unpaired) electrons. The molecule has 0 fully saturated rings. The van der Waals surface area contributed by atoms with Gasteiger partial charge in [-0.2, -0.15) is 0 Å². The highest BCUT2D eigenvalue weighted by Gasteiger charge is 2.09. The first-order valence-corrected chi connectivity index (χ1v) is 6.93. The fourth-order valence-electron chi connectivity index (χ4n) is 2.46. The molecule has 0 spiro atoms. The van der Waals surface area contributed by atoms with Crippen LogP contribution in [0.1, 0.15) is 16.8 Å². The SMILES string of the molecule is C=Cc1c(-c2ccncc2)ccnc1Cc1ccccc1. The zero-order valence-corrected chi connectivity index (χ0v) is 11.7. The van der Waals surface area contributed by atoms with Gasteiger partial charge in [0.25, 0.3) is 0 Å². The quantitative estimate of drug-likeness (QED) is 0.704. The zero-order chi connectivity index (χ0) is 14.5. The first kappa shape index (κ1) is 13.3. The minimum atomic E-state index is 0.807. The molecule has 21 heavy (non-hydrogen) atoms. The predicted octanol–water partition coefficient (Wildman–Crippen LogP) is 4.38. The van der Waals surface area contributed by atoms with E-state index in [2.05, 4.69) is 40.8 Å². The van der Waals surface area contributed by atoms with E-state index < -0.39 is 0 Å². The van der Waals surface area contributed by atoms with Crippen molar-refractivity contribution in [1.29, 1.82) is 0 Å². The van der Waals surface area contributed by atoms with Gasteiger partial charge >= 0.3 is 0 Å². The van der Waals surface area contributed by atoms with Gasteiger partial charge in [-0.15, -0.1) is 0 Å². The normalized spacial score (nSPS) is 10.3. The summed E-state index contributed by atoms with van der Waals surface area (Å²) in [7, 11) is 0. The molecular weight excluding hydrogens is 256 g/mol. The van der Waals surface area contributed by atoms with Gasteiger partial charge in [0.2, 0.25) is 0 Å². The highest BCUT2D eigenvalue weighted by Crippen LogP contribution is 2.26. The molecule has 3 rings (SSSR count). The van der Waals surface area contributed by atoms with Crippen LogP contribution in [0.25, 0.3) is 17.2 Å². The number of benzene rings is 1. The molecule has 0 saturated carbocycles. The van der Waals surface area contributed by atoms with Gasteiger partial charge in [-0.1, -0.05) is 43.0 Å². The summed E-state index contributed by atoms with van der Waals surface area (Å²) >= 11 is 0. The minimum absolute atomic E-state index is 0.807. The molecule has 0 unspecified atom stereocenters. The van der Waals surface area contributed by atoms with Gasteiger partial charge in [0.15, 0.2) is 0 Å². The number of hydrogen-bond donors (Lipinski definition) is 0. The summed E-state index contributed by atoms with van der Waals surface area (Å²) in [6.07, 6.45) is 8.17. The van der Waals surface area contributed by atoms with E-state index in [1.54, 1.807) is 12.4 Å². The van der Waals surface area contributed by atoms with Crippen LogP contribution < -0.4 is 0 Å². The Hall–Kier alpha value is -2.74. The Morgan fingerprint density at radius 1 is 0.905 bits per heavy atom. The van der Waals surface area contributed by atoms with Crippen molar-refractivity contribution in [2.24, 2.45) is 0 Å². The fraction of sp³-hybridized carbons (Fsp3) is 0.0526. The number of aromatic nitrogens is 2. The number of hydrogen-bond acceptors (Lipinski definition) is 2. The molecule has 0 aliphatic rings. The maximum Gasteiger partial charge on any atom is 0.0525 e. The van der Waals surface area contributed by atoms with Gasteiger partial charge in [-0.25, -0.2) is 0 Å². The van der Waals surface area contributed by atoms with E-state index in [0.29, 0.717) is 0 Å². The van der Waals surface area contributed by atoms with Crippen LogP contribution in [0.2, 0.25) is 0 Å². The van der Waals surface area contributed by atoms with Gasteiger partial charge < -0.3 is 0 Å². The van der Waals surface area contributed by atoms with E-state index in [4.69, 9.17) is 0 Å². The zero-order valence-electron chi connectivity index (χ0n) is 11.7. The number of pyridine rings is 2. The van der Waals surface area contributed by atoms with Gasteiger partial charge in [0.1, 0.15) is 0 Å². The molecule has 1 aromatic carbocycles. The molecule has 0 saturated heterocycles. The standard InChI is InChI=1S/C19H16N2/c1-2-17-18(16-8-11-20-12-9-16)10-13-21-19(17)14-15-6-4-3-5-7-15/h2-13H,1,14H2. The number of rotatable bonds is 4. The maximum atomic E-state index is 4.54. The Morgan fingerprint density at radius 2 is 1.67 bits per heavy atom. The smallest absolute Gasteiger partial charge is 0.0525 e. The van der Waals surface area contributed by atoms with Crippen LogP contribution in [0.5, 0.6) is 0 Å². The highest BCUT2D eigenvalue weighted by molar-refractivity contribution is 5.75. The third-order valence-electron chi connectivity index (χ3n) is 3.48. The van der Waals surface area contributed by atoms with E-state index in [-0.39, 0.29) is 0 Å². The molecule has 0 N–H and O–H groups in total. The Labute approximate surface area is 124 Å². The van der Waals surface area contributed by atoms with Gasteiger partial charge in [-0.05, 0) is 34.9 Å². The Balaban J connectivity index is 2.04. The lowest BCUT2D eigenvalue weighted by molar-refractivity contribution is 1.07. The molecule has 2 nitrogen and oxygen atoms in total. The van der Waals surface area contributed by atoms with Crippen molar-refractivity contribution in [3.63, 3.8) is 0 Å². The summed E-state index contributed by atoms with van der Waals surface area (Å²) in [4.78, 5) is 8.62. The molecule has 2 aromatic heterocycles. The van der Waals surface area contributed by atoms with Crippen LogP contribution >= 0.6 is 0 Å². The third-order valence-corrected chi connectivity index (χ3v) is 3.48. The second-order valence-electron chi connectivity index (χ2n) is 4.82. The summed E-state index contributed by atoms with van der Waals surface area (Å²) in [5, 5.41) is 0. The van der Waals surface area contributed by atoms with E-state index >= 15 is 0 Å². The molecule has 3 aromatic rings. The topological polar surface area (TPSA) is 25.8 Å². The van der Waals surface area contributed by atoms with Crippen LogP contribution in [0, 0.1) is 0 Å². The molecule has 0 atom stereocenters. The molecule has 0 aliphatic carbocycles. The molecular formula is C19H16N2. The van der Waals surface area contributed by atoms with Crippen LogP contribution in [0.15, 0.2) is 73.7 Å². The van der Waals surface area contributed by atoms with Crippen LogP contribution in [-0.2, 0) is 6.42 Å². The Morgan fingerprint density at radius 3 is 2.38 bits per heavy atom. The second kappa shape index (κ2) is 6.14. The molecule has 0 amide bonds. The minimum Gasteiger partial charge on any atom is -0.265 e. The summed E-state index contributed by atoms with van der Waals surface area (Å²) in [6.45, 7) is 3.96. The largest absolute Gasteiger partial charge is 0.265 e. The lowest BCUT2D eigenvalue weighted by Gasteiger charge is -2.11. The molecule has 102 valence electrons. The van der Waals surface area contributed by atoms with Gasteiger partial charge in [0.05, 0.1) is 5.69 Å². The van der Waals surface area contributed by atoms with Gasteiger partial charge in [0, 0.05) is 30.6 Å². The average Bonchev–Trinajstić information content (AvgIpc) is 2.56. The number of nitrogens with zero attached hydrogens (tertiary/aromatic N) is 2. The first-order valence-electron chi connectivity index (χ1n) is 6.93. The van der Waals surface area contributed by atoms with E-state index in [1.165, 1.54) is 5.56 Å². The van der Waals surface area contributed by atoms with Crippen LogP contribution in [-0.4, -0.2) is 9.97 Å². The summed E-state index contributed by atoms with van der Waals surface area (Å²) in [6, 6.07) is 16.4. The van der Waals surface area contributed by atoms with Crippen molar-refractivity contribution >= 4 is 6.08 Å². The Bertz CT molecular complexity index is 734. The van der Waals surface area contributed by atoms with Crippen molar-refractivity contribution < 1.29 is 0 Å².